The van der Waals surface area contributed by atoms with E-state index in [0.717, 1.165) is 5.56 Å². The fourth-order valence-corrected chi connectivity index (χ4v) is 3.71. The molecule has 3 rings (SSSR count). The summed E-state index contributed by atoms with van der Waals surface area (Å²) in [5.41, 5.74) is 6.32. The highest BCUT2D eigenvalue weighted by Crippen LogP contribution is 2.30. The molecule has 0 radical (unpaired) electrons. The Morgan fingerprint density at radius 3 is 2.27 bits per heavy atom. The highest BCUT2D eigenvalue weighted by Gasteiger charge is 2.30. The smallest absolute Gasteiger partial charge is 0.404 e. The lowest BCUT2D eigenvalue weighted by atomic mass is 9.88. The number of likely N-dealkylation sites (tertiary alicyclic amines) is 1. The first-order valence-corrected chi connectivity index (χ1v) is 9.55. The Labute approximate surface area is 172 Å². The molecule has 9 heteroatoms. The first-order chi connectivity index (χ1) is 14.3. The molecule has 158 valence electrons. The molecule has 1 saturated heterocycles. The van der Waals surface area contributed by atoms with Crippen LogP contribution < -0.4 is 5.73 Å². The summed E-state index contributed by atoms with van der Waals surface area (Å²) in [6.45, 7) is 1.15. The quantitative estimate of drug-likeness (QED) is 0.421. The Bertz CT molecular complexity index is 909. The second kappa shape index (κ2) is 9.45. The van der Waals surface area contributed by atoms with Gasteiger partial charge in [0, 0.05) is 23.6 Å². The van der Waals surface area contributed by atoms with Crippen LogP contribution in [0.15, 0.2) is 48.5 Å². The molecule has 1 atom stereocenters. The Morgan fingerprint density at radius 2 is 1.73 bits per heavy atom. The van der Waals surface area contributed by atoms with Crippen LogP contribution in [0.3, 0.4) is 0 Å². The average Bonchev–Trinajstić information content (AvgIpc) is 2.74. The van der Waals surface area contributed by atoms with Crippen molar-refractivity contribution >= 4 is 17.6 Å². The van der Waals surface area contributed by atoms with Crippen LogP contribution in [-0.4, -0.2) is 41.4 Å². The molecule has 0 bridgehead atoms. The van der Waals surface area contributed by atoms with E-state index in [1.54, 1.807) is 12.1 Å². The number of carbonyl (C=O) groups excluding carboxylic acids is 2. The summed E-state index contributed by atoms with van der Waals surface area (Å²) in [5.74, 6) is -0.585. The third-order valence-corrected chi connectivity index (χ3v) is 5.34. The number of ether oxygens (including phenoxy) is 1. The van der Waals surface area contributed by atoms with Gasteiger partial charge in [-0.3, -0.25) is 19.8 Å². The van der Waals surface area contributed by atoms with Crippen LogP contribution in [0.4, 0.5) is 14.9 Å². The molecule has 2 aromatic rings. The summed E-state index contributed by atoms with van der Waals surface area (Å²) in [5, 5.41) is 10.9. The number of benzene rings is 2. The molecule has 0 spiro atoms. The van der Waals surface area contributed by atoms with E-state index in [2.05, 4.69) is 4.90 Å². The number of nitro benzene ring substituents is 1. The molecule has 2 N–H and O–H groups in total. The van der Waals surface area contributed by atoms with Gasteiger partial charge >= 0.3 is 6.09 Å². The Hall–Kier alpha value is -3.33. The maximum absolute atomic E-state index is 13.1. The Kier molecular flexibility index (Phi) is 6.73. The lowest BCUT2D eigenvalue weighted by Gasteiger charge is -2.37. The first-order valence-electron chi connectivity index (χ1n) is 9.55. The van der Waals surface area contributed by atoms with E-state index in [9.17, 15) is 24.1 Å². The summed E-state index contributed by atoms with van der Waals surface area (Å²) < 4.78 is 18.1. The van der Waals surface area contributed by atoms with Crippen molar-refractivity contribution in [3.63, 3.8) is 0 Å². The zero-order chi connectivity index (χ0) is 21.7. The van der Waals surface area contributed by atoms with E-state index >= 15 is 0 Å². The Balaban J connectivity index is 1.69. The number of halogens is 1. The molecule has 0 saturated carbocycles. The Morgan fingerprint density at radius 1 is 1.13 bits per heavy atom. The van der Waals surface area contributed by atoms with Gasteiger partial charge < -0.3 is 10.5 Å². The minimum absolute atomic E-state index is 0.00369. The van der Waals surface area contributed by atoms with Crippen molar-refractivity contribution in [2.75, 3.05) is 19.7 Å². The average molecular weight is 415 g/mol. The lowest BCUT2D eigenvalue weighted by Crippen LogP contribution is -2.41. The summed E-state index contributed by atoms with van der Waals surface area (Å²) in [6, 6.07) is 11.2. The fraction of sp³-hybridized carbons (Fsp3) is 0.333. The number of amides is 1. The van der Waals surface area contributed by atoms with Crippen molar-refractivity contribution in [1.82, 2.24) is 4.90 Å². The molecular formula is C21H22FN3O5. The maximum atomic E-state index is 13.1. The molecular weight excluding hydrogens is 393 g/mol. The van der Waals surface area contributed by atoms with E-state index in [1.165, 1.54) is 36.4 Å². The van der Waals surface area contributed by atoms with Crippen molar-refractivity contribution in [2.45, 2.75) is 18.9 Å². The monoisotopic (exact) mass is 415 g/mol. The predicted octanol–water partition coefficient (Wildman–Crippen LogP) is 3.47. The zero-order valence-electron chi connectivity index (χ0n) is 16.2. The number of ketones is 1. The van der Waals surface area contributed by atoms with Gasteiger partial charge in [-0.1, -0.05) is 12.1 Å². The summed E-state index contributed by atoms with van der Waals surface area (Å²) in [7, 11) is 0. The summed E-state index contributed by atoms with van der Waals surface area (Å²) in [4.78, 5) is 36.3. The summed E-state index contributed by atoms with van der Waals surface area (Å²) >= 11 is 0. The van der Waals surface area contributed by atoms with Crippen LogP contribution in [0.5, 0.6) is 0 Å². The normalized spacial score (nSPS) is 16.0. The van der Waals surface area contributed by atoms with Crippen LogP contribution in [0.25, 0.3) is 0 Å². The van der Waals surface area contributed by atoms with Crippen molar-refractivity contribution < 1.29 is 23.6 Å². The molecule has 1 amide bonds. The van der Waals surface area contributed by atoms with Crippen molar-refractivity contribution in [3.05, 3.63) is 75.6 Å². The van der Waals surface area contributed by atoms with Crippen LogP contribution in [0, 0.1) is 21.8 Å². The number of primary amides is 1. The number of hydrogen-bond donors (Lipinski definition) is 1. The first kappa shape index (κ1) is 21.4. The number of rotatable bonds is 7. The zero-order valence-corrected chi connectivity index (χ0v) is 16.2. The lowest BCUT2D eigenvalue weighted by molar-refractivity contribution is -0.384. The van der Waals surface area contributed by atoms with Crippen LogP contribution in [-0.2, 0) is 4.74 Å². The molecule has 1 unspecified atom stereocenters. The molecule has 1 heterocycles. The number of nitrogens with two attached hydrogens (primary N) is 1. The molecule has 1 fully saturated rings. The number of hydrogen-bond acceptors (Lipinski definition) is 6. The standard InChI is InChI=1S/C21H22FN3O5/c22-17-5-1-15(2-6-17)20(26)16-9-11-24(12-10-16)19(13-30-21(23)27)14-3-7-18(8-4-14)25(28)29/h1-8,16,19H,9-13H2,(H2,23,27). The van der Waals surface area contributed by atoms with Gasteiger partial charge in [0.15, 0.2) is 5.78 Å². The van der Waals surface area contributed by atoms with E-state index in [0.29, 0.717) is 31.5 Å². The number of Topliss-reactive ketones (excluding diaryl/α,β-unsaturated/α-hetero) is 1. The number of carbonyl (C=O) groups is 2. The largest absolute Gasteiger partial charge is 0.448 e. The van der Waals surface area contributed by atoms with Gasteiger partial charge in [-0.25, -0.2) is 9.18 Å². The van der Waals surface area contributed by atoms with E-state index < -0.39 is 11.0 Å². The van der Waals surface area contributed by atoms with E-state index in [4.69, 9.17) is 10.5 Å². The van der Waals surface area contributed by atoms with Gasteiger partial charge in [-0.05, 0) is 55.8 Å². The number of piperidine rings is 1. The molecule has 30 heavy (non-hydrogen) atoms. The van der Waals surface area contributed by atoms with E-state index in [-0.39, 0.29) is 35.9 Å². The second-order valence-corrected chi connectivity index (χ2v) is 7.18. The van der Waals surface area contributed by atoms with Gasteiger partial charge in [0.05, 0.1) is 11.0 Å². The molecule has 0 aliphatic carbocycles. The van der Waals surface area contributed by atoms with Crippen molar-refractivity contribution in [3.8, 4) is 0 Å². The molecule has 1 aliphatic heterocycles. The molecule has 8 nitrogen and oxygen atoms in total. The van der Waals surface area contributed by atoms with Gasteiger partial charge in [-0.2, -0.15) is 0 Å². The fourth-order valence-electron chi connectivity index (χ4n) is 3.71. The number of nitrogens with zero attached hydrogens (tertiary/aromatic N) is 2. The number of non-ortho nitro benzene ring substituents is 1. The molecule has 0 aromatic heterocycles. The highest BCUT2D eigenvalue weighted by molar-refractivity contribution is 5.97. The van der Waals surface area contributed by atoms with Gasteiger partial charge in [0.25, 0.3) is 5.69 Å². The second-order valence-electron chi connectivity index (χ2n) is 7.18. The van der Waals surface area contributed by atoms with Crippen LogP contribution in [0.2, 0.25) is 0 Å². The minimum Gasteiger partial charge on any atom is -0.448 e. The van der Waals surface area contributed by atoms with Gasteiger partial charge in [0.2, 0.25) is 0 Å². The third kappa shape index (κ3) is 5.18. The minimum atomic E-state index is -0.900. The third-order valence-electron chi connectivity index (χ3n) is 5.34. The number of nitro groups is 1. The van der Waals surface area contributed by atoms with Gasteiger partial charge in [-0.15, -0.1) is 0 Å². The highest BCUT2D eigenvalue weighted by atomic mass is 19.1. The topological polar surface area (TPSA) is 116 Å². The SMILES string of the molecule is NC(=O)OCC(c1ccc([N+](=O)[O-])cc1)N1CCC(C(=O)c2ccc(F)cc2)CC1. The predicted molar refractivity (Wildman–Crippen MR) is 106 cm³/mol. The molecule has 2 aromatic carbocycles. The van der Waals surface area contributed by atoms with Crippen LogP contribution in [0.1, 0.15) is 34.8 Å². The molecule has 1 aliphatic rings. The van der Waals surface area contributed by atoms with Crippen LogP contribution >= 0.6 is 0 Å². The summed E-state index contributed by atoms with van der Waals surface area (Å²) in [6.07, 6.45) is 0.287. The van der Waals surface area contributed by atoms with Gasteiger partial charge in [0.1, 0.15) is 12.4 Å². The van der Waals surface area contributed by atoms with Crippen molar-refractivity contribution in [1.29, 1.82) is 0 Å². The van der Waals surface area contributed by atoms with E-state index in [1.807, 2.05) is 0 Å². The van der Waals surface area contributed by atoms with Crippen molar-refractivity contribution in [2.24, 2.45) is 11.7 Å². The maximum Gasteiger partial charge on any atom is 0.404 e.